The summed E-state index contributed by atoms with van der Waals surface area (Å²) < 4.78 is 5.99. The second-order valence-electron chi connectivity index (χ2n) is 3.84. The minimum Gasteiger partial charge on any atom is -0.465 e. The van der Waals surface area contributed by atoms with Gasteiger partial charge in [-0.05, 0) is 26.0 Å². The summed E-state index contributed by atoms with van der Waals surface area (Å²) in [7, 11) is 1.41. The molecule has 0 fully saturated rings. The molecule has 0 aliphatic heterocycles. The fraction of sp³-hybridized carbons (Fsp3) is 0.214. The monoisotopic (exact) mass is 246 g/mol. The van der Waals surface area contributed by atoms with Gasteiger partial charge in [0.1, 0.15) is 0 Å². The minimum atomic E-state index is -0.284. The Labute approximate surface area is 105 Å². The zero-order chi connectivity index (χ0) is 12.4. The van der Waals surface area contributed by atoms with E-state index >= 15 is 0 Å². The van der Waals surface area contributed by atoms with Crippen LogP contribution in [0.15, 0.2) is 29.7 Å². The number of carbonyl (C=O) groups is 1. The Bertz CT molecular complexity index is 593. The number of hydrogen-bond acceptors (Lipinski definition) is 3. The highest BCUT2D eigenvalue weighted by Gasteiger charge is 2.15. The van der Waals surface area contributed by atoms with Gasteiger partial charge in [0.05, 0.1) is 12.7 Å². The van der Waals surface area contributed by atoms with E-state index in [2.05, 4.69) is 18.2 Å². The zero-order valence-corrected chi connectivity index (χ0v) is 10.9. The fourth-order valence-corrected chi connectivity index (χ4v) is 2.79. The Hall–Kier alpha value is -1.61. The highest BCUT2D eigenvalue weighted by molar-refractivity contribution is 7.17. The lowest BCUT2D eigenvalue weighted by molar-refractivity contribution is -0.133. The predicted molar refractivity (Wildman–Crippen MR) is 72.2 cm³/mol. The summed E-state index contributed by atoms with van der Waals surface area (Å²) in [6.45, 7) is 3.90. The van der Waals surface area contributed by atoms with Crippen molar-refractivity contribution in [3.8, 4) is 0 Å². The number of carbonyl (C=O) groups excluding carboxylic acids is 1. The second-order valence-corrected chi connectivity index (χ2v) is 4.75. The lowest BCUT2D eigenvalue weighted by Crippen LogP contribution is -2.03. The number of benzene rings is 1. The molecule has 0 aliphatic carbocycles. The summed E-state index contributed by atoms with van der Waals surface area (Å²) in [5.41, 5.74) is 2.78. The summed E-state index contributed by atoms with van der Waals surface area (Å²) >= 11 is 1.65. The van der Waals surface area contributed by atoms with Gasteiger partial charge in [-0.2, -0.15) is 0 Å². The number of allylic oxidation sites excluding steroid dienone is 1. The van der Waals surface area contributed by atoms with E-state index in [9.17, 15) is 4.79 Å². The van der Waals surface area contributed by atoms with E-state index in [1.54, 1.807) is 17.4 Å². The molecule has 0 bridgehead atoms. The Balaban J connectivity index is 2.62. The Morgan fingerprint density at radius 1 is 1.41 bits per heavy atom. The maximum atomic E-state index is 11.7. The maximum absolute atomic E-state index is 11.7. The standard InChI is InChI=1S/C14H14O2S/c1-4-10(14(15)16-3)12-8-17-13-6-5-9(2)7-11(12)13/h4-8H,1-3H3. The average molecular weight is 246 g/mol. The summed E-state index contributed by atoms with van der Waals surface area (Å²) in [6, 6.07) is 6.27. The van der Waals surface area contributed by atoms with E-state index in [0.717, 1.165) is 10.9 Å². The first kappa shape index (κ1) is 11.9. The lowest BCUT2D eigenvalue weighted by Gasteiger charge is -2.04. The van der Waals surface area contributed by atoms with Crippen LogP contribution in [0.4, 0.5) is 0 Å². The Morgan fingerprint density at radius 2 is 2.18 bits per heavy atom. The van der Waals surface area contributed by atoms with Crippen LogP contribution in [0.1, 0.15) is 18.1 Å². The lowest BCUT2D eigenvalue weighted by atomic mass is 10.0. The number of rotatable bonds is 2. The van der Waals surface area contributed by atoms with E-state index in [0.29, 0.717) is 5.57 Å². The molecule has 2 aromatic rings. The number of hydrogen-bond donors (Lipinski definition) is 0. The van der Waals surface area contributed by atoms with Crippen molar-refractivity contribution in [1.82, 2.24) is 0 Å². The summed E-state index contributed by atoms with van der Waals surface area (Å²) in [4.78, 5) is 11.7. The number of aryl methyl sites for hydroxylation is 1. The van der Waals surface area contributed by atoms with Crippen molar-refractivity contribution < 1.29 is 9.53 Å². The molecule has 88 valence electrons. The third-order valence-electron chi connectivity index (χ3n) is 2.71. The number of ether oxygens (including phenoxy) is 1. The molecular weight excluding hydrogens is 232 g/mol. The molecular formula is C14H14O2S. The molecule has 1 heterocycles. The quantitative estimate of drug-likeness (QED) is 0.595. The van der Waals surface area contributed by atoms with Gasteiger partial charge in [-0.15, -0.1) is 11.3 Å². The van der Waals surface area contributed by atoms with Crippen LogP contribution in [0.5, 0.6) is 0 Å². The molecule has 0 unspecified atom stereocenters. The molecule has 0 radical (unpaired) electrons. The SMILES string of the molecule is CC=C(C(=O)OC)c1csc2ccc(C)cc12. The van der Waals surface area contributed by atoms with E-state index < -0.39 is 0 Å². The second kappa shape index (κ2) is 4.72. The first-order valence-electron chi connectivity index (χ1n) is 5.40. The van der Waals surface area contributed by atoms with Crippen LogP contribution in [0.25, 0.3) is 15.7 Å². The van der Waals surface area contributed by atoms with Crippen LogP contribution < -0.4 is 0 Å². The van der Waals surface area contributed by atoms with Gasteiger partial charge in [0.15, 0.2) is 0 Å². The minimum absolute atomic E-state index is 0.284. The number of methoxy groups -OCH3 is 1. The molecule has 0 saturated heterocycles. The first-order chi connectivity index (χ1) is 8.17. The van der Waals surface area contributed by atoms with E-state index in [1.807, 2.05) is 19.2 Å². The average Bonchev–Trinajstić information content (AvgIpc) is 2.73. The van der Waals surface area contributed by atoms with Crippen LogP contribution >= 0.6 is 11.3 Å². The zero-order valence-electron chi connectivity index (χ0n) is 10.1. The highest BCUT2D eigenvalue weighted by atomic mass is 32.1. The van der Waals surface area contributed by atoms with E-state index in [4.69, 9.17) is 4.74 Å². The van der Waals surface area contributed by atoms with Crippen molar-refractivity contribution >= 4 is 33.0 Å². The normalized spacial score (nSPS) is 11.8. The van der Waals surface area contributed by atoms with E-state index in [-0.39, 0.29) is 5.97 Å². The summed E-state index contributed by atoms with van der Waals surface area (Å²) in [5.74, 6) is -0.284. The molecule has 0 spiro atoms. The van der Waals surface area contributed by atoms with Gasteiger partial charge in [0, 0.05) is 21.0 Å². The molecule has 2 rings (SSSR count). The molecule has 0 N–H and O–H groups in total. The van der Waals surface area contributed by atoms with Gasteiger partial charge < -0.3 is 4.74 Å². The van der Waals surface area contributed by atoms with Gasteiger partial charge in [0.25, 0.3) is 0 Å². The largest absolute Gasteiger partial charge is 0.465 e. The van der Waals surface area contributed by atoms with Gasteiger partial charge in [-0.25, -0.2) is 4.79 Å². The third kappa shape index (κ3) is 2.11. The number of thiophene rings is 1. The highest BCUT2D eigenvalue weighted by Crippen LogP contribution is 2.32. The van der Waals surface area contributed by atoms with Crippen molar-refractivity contribution in [3.63, 3.8) is 0 Å². The van der Waals surface area contributed by atoms with Crippen LogP contribution in [0, 0.1) is 6.92 Å². The van der Waals surface area contributed by atoms with Gasteiger partial charge in [-0.1, -0.05) is 17.7 Å². The number of fused-ring (bicyclic) bond motifs is 1. The Kier molecular flexibility index (Phi) is 3.29. The first-order valence-corrected chi connectivity index (χ1v) is 6.28. The van der Waals surface area contributed by atoms with Crippen LogP contribution in [0.2, 0.25) is 0 Å². The molecule has 0 atom stereocenters. The Morgan fingerprint density at radius 3 is 2.82 bits per heavy atom. The smallest absolute Gasteiger partial charge is 0.338 e. The molecule has 17 heavy (non-hydrogen) atoms. The van der Waals surface area contributed by atoms with Gasteiger partial charge in [0.2, 0.25) is 0 Å². The molecule has 0 saturated carbocycles. The van der Waals surface area contributed by atoms with Gasteiger partial charge in [-0.3, -0.25) is 0 Å². The van der Waals surface area contributed by atoms with Crippen molar-refractivity contribution in [1.29, 1.82) is 0 Å². The summed E-state index contributed by atoms with van der Waals surface area (Å²) in [6.07, 6.45) is 1.80. The molecule has 2 nitrogen and oxygen atoms in total. The van der Waals surface area contributed by atoms with Crippen LogP contribution in [0.3, 0.4) is 0 Å². The maximum Gasteiger partial charge on any atom is 0.338 e. The molecule has 0 amide bonds. The van der Waals surface area contributed by atoms with Crippen molar-refractivity contribution in [2.24, 2.45) is 0 Å². The molecule has 0 aliphatic rings. The fourth-order valence-electron chi connectivity index (χ4n) is 1.84. The number of esters is 1. The third-order valence-corrected chi connectivity index (χ3v) is 3.68. The van der Waals surface area contributed by atoms with Gasteiger partial charge >= 0.3 is 5.97 Å². The molecule has 1 aromatic carbocycles. The molecule has 1 aromatic heterocycles. The van der Waals surface area contributed by atoms with Crippen molar-refractivity contribution in [3.05, 3.63) is 40.8 Å². The van der Waals surface area contributed by atoms with Crippen molar-refractivity contribution in [2.45, 2.75) is 13.8 Å². The molecule has 3 heteroatoms. The van der Waals surface area contributed by atoms with Crippen LogP contribution in [-0.2, 0) is 9.53 Å². The van der Waals surface area contributed by atoms with Crippen molar-refractivity contribution in [2.75, 3.05) is 7.11 Å². The van der Waals surface area contributed by atoms with Crippen LogP contribution in [-0.4, -0.2) is 13.1 Å². The topological polar surface area (TPSA) is 26.3 Å². The summed E-state index contributed by atoms with van der Waals surface area (Å²) in [5, 5.41) is 3.13. The predicted octanol–water partition coefficient (Wildman–Crippen LogP) is 3.79. The van der Waals surface area contributed by atoms with E-state index in [1.165, 1.54) is 17.4 Å².